The molecule has 1 aromatic carbocycles. The number of rotatable bonds is 3. The maximum atomic E-state index is 12.1. The SMILES string of the molecule is NN1CCN(C(=O)Cc2ccccc2[N+](=O)[O-])CC1. The molecule has 0 atom stereocenters. The molecule has 0 aromatic heterocycles. The lowest BCUT2D eigenvalue weighted by Crippen LogP contribution is -2.51. The van der Waals surface area contributed by atoms with Crippen LogP contribution in [0.3, 0.4) is 0 Å². The average molecular weight is 264 g/mol. The summed E-state index contributed by atoms with van der Waals surface area (Å²) >= 11 is 0. The first-order valence-electron chi connectivity index (χ1n) is 6.07. The van der Waals surface area contributed by atoms with Crippen molar-refractivity contribution in [2.45, 2.75) is 6.42 Å². The highest BCUT2D eigenvalue weighted by Gasteiger charge is 2.22. The van der Waals surface area contributed by atoms with Gasteiger partial charge in [-0.1, -0.05) is 18.2 Å². The molecule has 7 nitrogen and oxygen atoms in total. The lowest BCUT2D eigenvalue weighted by molar-refractivity contribution is -0.385. The van der Waals surface area contributed by atoms with Crippen LogP contribution >= 0.6 is 0 Å². The number of hydrogen-bond acceptors (Lipinski definition) is 5. The molecule has 1 aliphatic rings. The fraction of sp³-hybridized carbons (Fsp3) is 0.417. The first kappa shape index (κ1) is 13.4. The zero-order chi connectivity index (χ0) is 13.8. The van der Waals surface area contributed by atoms with E-state index in [2.05, 4.69) is 0 Å². The second kappa shape index (κ2) is 5.77. The zero-order valence-corrected chi connectivity index (χ0v) is 10.5. The van der Waals surface area contributed by atoms with Crippen LogP contribution in [0.1, 0.15) is 5.56 Å². The van der Waals surface area contributed by atoms with Gasteiger partial charge in [-0.3, -0.25) is 20.8 Å². The fourth-order valence-corrected chi connectivity index (χ4v) is 2.08. The van der Waals surface area contributed by atoms with Gasteiger partial charge in [-0.2, -0.15) is 0 Å². The number of carbonyl (C=O) groups excluding carboxylic acids is 1. The third kappa shape index (κ3) is 3.27. The van der Waals surface area contributed by atoms with Crippen LogP contribution in [-0.2, 0) is 11.2 Å². The summed E-state index contributed by atoms with van der Waals surface area (Å²) in [6.45, 7) is 2.39. The van der Waals surface area contributed by atoms with Gasteiger partial charge in [0.2, 0.25) is 5.91 Å². The molecule has 0 saturated carbocycles. The minimum Gasteiger partial charge on any atom is -0.340 e. The molecular weight excluding hydrogens is 248 g/mol. The van der Waals surface area contributed by atoms with Gasteiger partial charge < -0.3 is 4.90 Å². The normalized spacial score (nSPS) is 16.4. The topological polar surface area (TPSA) is 92.7 Å². The third-order valence-electron chi connectivity index (χ3n) is 3.20. The standard InChI is InChI=1S/C12H16N4O3/c13-15-7-5-14(6-8-15)12(17)9-10-3-1-2-4-11(10)16(18)19/h1-4H,5-9,13H2. The number of amides is 1. The summed E-state index contributed by atoms with van der Waals surface area (Å²) in [5.41, 5.74) is 0.445. The van der Waals surface area contributed by atoms with Gasteiger partial charge in [0.1, 0.15) is 0 Å². The van der Waals surface area contributed by atoms with Crippen molar-refractivity contribution in [2.75, 3.05) is 26.2 Å². The molecule has 19 heavy (non-hydrogen) atoms. The lowest BCUT2D eigenvalue weighted by atomic mass is 10.1. The second-order valence-electron chi connectivity index (χ2n) is 4.48. The van der Waals surface area contributed by atoms with Gasteiger partial charge in [-0.05, 0) is 0 Å². The van der Waals surface area contributed by atoms with Gasteiger partial charge in [0.15, 0.2) is 0 Å². The quantitative estimate of drug-likeness (QED) is 0.477. The van der Waals surface area contributed by atoms with E-state index in [0.717, 1.165) is 0 Å². The van der Waals surface area contributed by atoms with E-state index in [1.165, 1.54) is 6.07 Å². The Morgan fingerprint density at radius 2 is 1.89 bits per heavy atom. The molecule has 1 saturated heterocycles. The minimum atomic E-state index is -0.458. The molecule has 2 N–H and O–H groups in total. The summed E-state index contributed by atoms with van der Waals surface area (Å²) in [5.74, 6) is 5.52. The second-order valence-corrected chi connectivity index (χ2v) is 4.48. The van der Waals surface area contributed by atoms with E-state index in [1.807, 2.05) is 0 Å². The molecule has 7 heteroatoms. The summed E-state index contributed by atoms with van der Waals surface area (Å²) in [6, 6.07) is 6.34. The van der Waals surface area contributed by atoms with Crippen molar-refractivity contribution in [1.29, 1.82) is 0 Å². The largest absolute Gasteiger partial charge is 0.340 e. The van der Waals surface area contributed by atoms with Crippen LogP contribution in [0.4, 0.5) is 5.69 Å². The van der Waals surface area contributed by atoms with E-state index in [9.17, 15) is 14.9 Å². The number of hydrogen-bond donors (Lipinski definition) is 1. The van der Waals surface area contributed by atoms with Crippen LogP contribution in [0.25, 0.3) is 0 Å². The lowest BCUT2D eigenvalue weighted by Gasteiger charge is -2.32. The first-order valence-corrected chi connectivity index (χ1v) is 6.07. The molecule has 1 aliphatic heterocycles. The molecule has 0 bridgehead atoms. The molecule has 2 rings (SSSR count). The van der Waals surface area contributed by atoms with Gasteiger partial charge in [0, 0.05) is 37.8 Å². The van der Waals surface area contributed by atoms with Gasteiger partial charge in [0.05, 0.1) is 11.3 Å². The number of nitrogens with two attached hydrogens (primary N) is 1. The van der Waals surface area contributed by atoms with E-state index in [-0.39, 0.29) is 18.0 Å². The van der Waals surface area contributed by atoms with E-state index in [0.29, 0.717) is 31.7 Å². The number of para-hydroxylation sites is 1. The van der Waals surface area contributed by atoms with Crippen LogP contribution in [0.2, 0.25) is 0 Å². The van der Waals surface area contributed by atoms with Crippen molar-refractivity contribution < 1.29 is 9.72 Å². The predicted octanol–water partition coefficient (Wildman–Crippen LogP) is 0.155. The number of carbonyl (C=O) groups is 1. The Morgan fingerprint density at radius 3 is 2.53 bits per heavy atom. The summed E-state index contributed by atoms with van der Waals surface area (Å²) in [4.78, 5) is 24.2. The number of nitro benzene ring substituents is 1. The highest BCUT2D eigenvalue weighted by molar-refractivity contribution is 5.80. The van der Waals surface area contributed by atoms with Crippen molar-refractivity contribution in [3.8, 4) is 0 Å². The van der Waals surface area contributed by atoms with Gasteiger partial charge >= 0.3 is 0 Å². The van der Waals surface area contributed by atoms with Crippen molar-refractivity contribution in [1.82, 2.24) is 9.91 Å². The number of piperazine rings is 1. The Balaban J connectivity index is 2.05. The Morgan fingerprint density at radius 1 is 1.26 bits per heavy atom. The summed E-state index contributed by atoms with van der Waals surface area (Å²) in [5, 5.41) is 12.5. The molecule has 1 fully saturated rings. The molecule has 0 aliphatic carbocycles. The fourth-order valence-electron chi connectivity index (χ4n) is 2.08. The molecule has 102 valence electrons. The summed E-state index contributed by atoms with van der Waals surface area (Å²) in [6.07, 6.45) is 0.0573. The average Bonchev–Trinajstić information content (AvgIpc) is 2.39. The highest BCUT2D eigenvalue weighted by atomic mass is 16.6. The summed E-state index contributed by atoms with van der Waals surface area (Å²) in [7, 11) is 0. The number of nitrogens with zero attached hydrogens (tertiary/aromatic N) is 3. The monoisotopic (exact) mass is 264 g/mol. The number of benzene rings is 1. The van der Waals surface area contributed by atoms with Crippen LogP contribution < -0.4 is 5.84 Å². The molecule has 0 spiro atoms. The van der Waals surface area contributed by atoms with Crippen molar-refractivity contribution in [3.63, 3.8) is 0 Å². The van der Waals surface area contributed by atoms with Gasteiger partial charge in [-0.25, -0.2) is 5.01 Å². The molecule has 0 radical (unpaired) electrons. The van der Waals surface area contributed by atoms with E-state index < -0.39 is 4.92 Å². The van der Waals surface area contributed by atoms with E-state index in [1.54, 1.807) is 28.1 Å². The van der Waals surface area contributed by atoms with Crippen LogP contribution in [0.5, 0.6) is 0 Å². The van der Waals surface area contributed by atoms with E-state index in [4.69, 9.17) is 5.84 Å². The highest BCUT2D eigenvalue weighted by Crippen LogP contribution is 2.19. The minimum absolute atomic E-state index is 0.00619. The van der Waals surface area contributed by atoms with Crippen LogP contribution in [0.15, 0.2) is 24.3 Å². The Hall–Kier alpha value is -1.99. The van der Waals surface area contributed by atoms with Gasteiger partial charge in [-0.15, -0.1) is 0 Å². The number of nitro groups is 1. The van der Waals surface area contributed by atoms with Crippen molar-refractivity contribution in [3.05, 3.63) is 39.9 Å². The third-order valence-corrected chi connectivity index (χ3v) is 3.20. The molecular formula is C12H16N4O3. The Bertz CT molecular complexity index is 484. The van der Waals surface area contributed by atoms with Crippen molar-refractivity contribution >= 4 is 11.6 Å². The Kier molecular flexibility index (Phi) is 4.08. The molecule has 1 aromatic rings. The number of hydrazine groups is 1. The molecule has 0 unspecified atom stereocenters. The van der Waals surface area contributed by atoms with Crippen LogP contribution in [-0.4, -0.2) is 46.9 Å². The summed E-state index contributed by atoms with van der Waals surface area (Å²) < 4.78 is 0. The smallest absolute Gasteiger partial charge is 0.273 e. The maximum absolute atomic E-state index is 12.1. The maximum Gasteiger partial charge on any atom is 0.273 e. The van der Waals surface area contributed by atoms with Gasteiger partial charge in [0.25, 0.3) is 5.69 Å². The molecule has 1 amide bonds. The zero-order valence-electron chi connectivity index (χ0n) is 10.5. The van der Waals surface area contributed by atoms with Crippen molar-refractivity contribution in [2.24, 2.45) is 5.84 Å². The first-order chi connectivity index (χ1) is 9.08. The predicted molar refractivity (Wildman–Crippen MR) is 69.1 cm³/mol. The Labute approximate surface area is 110 Å². The van der Waals surface area contributed by atoms with E-state index >= 15 is 0 Å². The van der Waals surface area contributed by atoms with Crippen LogP contribution in [0, 0.1) is 10.1 Å². The molecule has 1 heterocycles.